The number of hydrogen-bond acceptors (Lipinski definition) is 8. The largest absolute Gasteiger partial charge is 0.463 e. The third-order valence-electron chi connectivity index (χ3n) is 5.40. The highest BCUT2D eigenvalue weighted by molar-refractivity contribution is 5.89. The van der Waals surface area contributed by atoms with Crippen LogP contribution in [0.2, 0.25) is 0 Å². The summed E-state index contributed by atoms with van der Waals surface area (Å²) in [7, 11) is 0. The van der Waals surface area contributed by atoms with Gasteiger partial charge in [-0.25, -0.2) is 9.59 Å². The first-order valence-corrected chi connectivity index (χ1v) is 11.0. The lowest BCUT2D eigenvalue weighted by atomic mass is 9.85. The van der Waals surface area contributed by atoms with Crippen LogP contribution < -0.4 is 16.4 Å². The molecule has 1 aliphatic heterocycles. The number of nitrogens with one attached hydrogen (secondary N) is 2. The van der Waals surface area contributed by atoms with Gasteiger partial charge in [0.2, 0.25) is 5.91 Å². The zero-order valence-electron chi connectivity index (χ0n) is 18.7. The van der Waals surface area contributed by atoms with E-state index in [0.29, 0.717) is 44.9 Å². The molecule has 10 heteroatoms. The predicted molar refractivity (Wildman–Crippen MR) is 114 cm³/mol. The lowest BCUT2D eigenvalue weighted by molar-refractivity contribution is -0.138. The Labute approximate surface area is 183 Å². The van der Waals surface area contributed by atoms with E-state index < -0.39 is 12.1 Å². The van der Waals surface area contributed by atoms with Gasteiger partial charge in [0.1, 0.15) is 0 Å². The Balaban J connectivity index is 2.02. The van der Waals surface area contributed by atoms with Gasteiger partial charge in [-0.05, 0) is 39.7 Å². The van der Waals surface area contributed by atoms with Crippen molar-refractivity contribution in [2.75, 3.05) is 39.5 Å². The van der Waals surface area contributed by atoms with Crippen LogP contribution in [-0.4, -0.2) is 86.6 Å². The number of rotatable bonds is 9. The van der Waals surface area contributed by atoms with Crippen LogP contribution in [0.1, 0.15) is 40.0 Å². The number of esters is 1. The summed E-state index contributed by atoms with van der Waals surface area (Å²) in [5.74, 6) is -0.521. The van der Waals surface area contributed by atoms with Gasteiger partial charge in [-0.1, -0.05) is 6.08 Å². The van der Waals surface area contributed by atoms with E-state index in [1.165, 1.54) is 6.92 Å². The Kier molecular flexibility index (Phi) is 10.2. The van der Waals surface area contributed by atoms with E-state index in [0.717, 1.165) is 19.4 Å². The molecule has 0 aromatic heterocycles. The molecule has 0 bridgehead atoms. The second-order valence-electron chi connectivity index (χ2n) is 7.77. The van der Waals surface area contributed by atoms with Crippen molar-refractivity contribution in [1.29, 1.82) is 0 Å². The molecule has 0 aromatic rings. The van der Waals surface area contributed by atoms with Crippen LogP contribution in [0.4, 0.5) is 4.79 Å². The quantitative estimate of drug-likeness (QED) is 0.345. The number of likely N-dealkylation sites (tertiary alicyclic amines) is 1. The van der Waals surface area contributed by atoms with Crippen LogP contribution in [0.3, 0.4) is 0 Å². The molecule has 0 saturated carbocycles. The lowest BCUT2D eigenvalue weighted by Crippen LogP contribution is -2.62. The summed E-state index contributed by atoms with van der Waals surface area (Å²) in [6.45, 7) is 7.79. The molecule has 1 fully saturated rings. The predicted octanol–water partition coefficient (Wildman–Crippen LogP) is 0.307. The summed E-state index contributed by atoms with van der Waals surface area (Å²) < 4.78 is 15.9. The molecule has 4 atom stereocenters. The maximum Gasteiger partial charge on any atom is 0.407 e. The van der Waals surface area contributed by atoms with Crippen molar-refractivity contribution in [2.45, 2.75) is 64.3 Å². The fourth-order valence-corrected chi connectivity index (χ4v) is 4.08. The van der Waals surface area contributed by atoms with Gasteiger partial charge in [0.25, 0.3) is 0 Å². The molecule has 1 heterocycles. The minimum Gasteiger partial charge on any atom is -0.463 e. The Hall–Kier alpha value is -2.17. The summed E-state index contributed by atoms with van der Waals surface area (Å²) in [4.78, 5) is 37.6. The average Bonchev–Trinajstić information content (AvgIpc) is 2.73. The lowest BCUT2D eigenvalue weighted by Gasteiger charge is -2.44. The monoisotopic (exact) mass is 440 g/mol. The van der Waals surface area contributed by atoms with E-state index in [2.05, 4.69) is 15.5 Å². The number of ether oxygens (including phenoxy) is 3. The second kappa shape index (κ2) is 12.6. The Morgan fingerprint density at radius 2 is 1.97 bits per heavy atom. The highest BCUT2D eigenvalue weighted by Gasteiger charge is 2.38. The first kappa shape index (κ1) is 25.1. The highest BCUT2D eigenvalue weighted by atomic mass is 16.5. The van der Waals surface area contributed by atoms with Gasteiger partial charge in [0.15, 0.2) is 0 Å². The number of carbonyl (C=O) groups excluding carboxylic acids is 3. The van der Waals surface area contributed by atoms with Crippen molar-refractivity contribution in [1.82, 2.24) is 15.5 Å². The Bertz CT molecular complexity index is 656. The SMILES string of the molecule is CCOC(=O)NCCO[C@H]1CCCN([C@@H]2C=C(C(=O)OCC)C[C@H](N)[C@H]2NC(C)=O)C1. The molecule has 1 aliphatic carbocycles. The number of amides is 2. The standard InChI is InChI=1S/C21H36N4O6/c1-4-29-20(27)15-11-17(22)19(24-14(3)26)18(12-15)25-9-6-7-16(13-25)31-10-8-23-21(28)30-5-2/h12,16-19H,4-11,13,22H2,1-3H3,(H,23,28)(H,24,26)/t16-,17-,18+,19+/m0/s1. The first-order valence-electron chi connectivity index (χ1n) is 11.0. The van der Waals surface area contributed by atoms with Crippen LogP contribution in [-0.2, 0) is 23.8 Å². The molecular formula is C21H36N4O6. The summed E-state index contributed by atoms with van der Waals surface area (Å²) in [6, 6.07) is -0.926. The van der Waals surface area contributed by atoms with Crippen molar-refractivity contribution in [3.63, 3.8) is 0 Å². The number of piperidine rings is 1. The fraction of sp³-hybridized carbons (Fsp3) is 0.762. The summed E-state index contributed by atoms with van der Waals surface area (Å²) in [5, 5.41) is 5.60. The number of alkyl carbamates (subject to hydrolysis) is 1. The molecule has 2 amide bonds. The van der Waals surface area contributed by atoms with E-state index in [1.54, 1.807) is 13.8 Å². The third-order valence-corrected chi connectivity index (χ3v) is 5.40. The van der Waals surface area contributed by atoms with Crippen molar-refractivity contribution in [2.24, 2.45) is 5.73 Å². The number of carbonyl (C=O) groups is 3. The van der Waals surface area contributed by atoms with Gasteiger partial charge < -0.3 is 30.6 Å². The van der Waals surface area contributed by atoms with E-state index in [-0.39, 0.29) is 30.1 Å². The molecule has 1 saturated heterocycles. The third kappa shape index (κ3) is 7.79. The van der Waals surface area contributed by atoms with Crippen LogP contribution in [0, 0.1) is 0 Å². The minimum atomic E-state index is -0.456. The smallest absolute Gasteiger partial charge is 0.407 e. The molecule has 2 aliphatic rings. The first-order chi connectivity index (χ1) is 14.8. The second-order valence-corrected chi connectivity index (χ2v) is 7.77. The van der Waals surface area contributed by atoms with Crippen molar-refractivity contribution in [3.05, 3.63) is 11.6 Å². The number of nitrogens with two attached hydrogens (primary N) is 1. The number of hydrogen-bond donors (Lipinski definition) is 3. The molecule has 0 unspecified atom stereocenters. The van der Waals surface area contributed by atoms with Gasteiger partial charge >= 0.3 is 12.1 Å². The molecule has 176 valence electrons. The summed E-state index contributed by atoms with van der Waals surface area (Å²) >= 11 is 0. The summed E-state index contributed by atoms with van der Waals surface area (Å²) in [6.07, 6.45) is 3.57. The van der Waals surface area contributed by atoms with Gasteiger partial charge in [-0.3, -0.25) is 9.69 Å². The Morgan fingerprint density at radius 1 is 1.23 bits per heavy atom. The van der Waals surface area contributed by atoms with Crippen LogP contribution in [0.15, 0.2) is 11.6 Å². The van der Waals surface area contributed by atoms with Crippen LogP contribution in [0.25, 0.3) is 0 Å². The number of nitrogens with zero attached hydrogens (tertiary/aromatic N) is 1. The molecule has 10 nitrogen and oxygen atoms in total. The van der Waals surface area contributed by atoms with Gasteiger partial charge in [-0.15, -0.1) is 0 Å². The minimum absolute atomic E-state index is 0.0201. The molecule has 0 aromatic carbocycles. The fourth-order valence-electron chi connectivity index (χ4n) is 4.08. The molecule has 0 spiro atoms. The molecular weight excluding hydrogens is 404 g/mol. The molecule has 31 heavy (non-hydrogen) atoms. The normalized spacial score (nSPS) is 26.5. The average molecular weight is 441 g/mol. The van der Waals surface area contributed by atoms with E-state index >= 15 is 0 Å². The maximum atomic E-state index is 12.3. The topological polar surface area (TPSA) is 132 Å². The zero-order chi connectivity index (χ0) is 22.8. The molecule has 4 N–H and O–H groups in total. The van der Waals surface area contributed by atoms with E-state index in [9.17, 15) is 14.4 Å². The van der Waals surface area contributed by atoms with Gasteiger partial charge in [-0.2, -0.15) is 0 Å². The van der Waals surface area contributed by atoms with Gasteiger partial charge in [0, 0.05) is 31.6 Å². The highest BCUT2D eigenvalue weighted by Crippen LogP contribution is 2.26. The van der Waals surface area contributed by atoms with E-state index in [4.69, 9.17) is 19.9 Å². The van der Waals surface area contributed by atoms with E-state index in [1.807, 2.05) is 6.08 Å². The Morgan fingerprint density at radius 3 is 2.65 bits per heavy atom. The van der Waals surface area contributed by atoms with Crippen LogP contribution >= 0.6 is 0 Å². The zero-order valence-corrected chi connectivity index (χ0v) is 18.7. The molecule has 0 radical (unpaired) electrons. The maximum absolute atomic E-state index is 12.3. The van der Waals surface area contributed by atoms with Gasteiger partial charge in [0.05, 0.1) is 38.0 Å². The van der Waals surface area contributed by atoms with Crippen LogP contribution in [0.5, 0.6) is 0 Å². The molecule has 2 rings (SSSR count). The van der Waals surface area contributed by atoms with Crippen molar-refractivity contribution in [3.8, 4) is 0 Å². The summed E-state index contributed by atoms with van der Waals surface area (Å²) in [5.41, 5.74) is 6.91. The van der Waals surface area contributed by atoms with Crippen molar-refractivity contribution < 1.29 is 28.6 Å². The van der Waals surface area contributed by atoms with Crippen molar-refractivity contribution >= 4 is 18.0 Å².